The van der Waals surface area contributed by atoms with Crippen molar-refractivity contribution in [3.8, 4) is 5.75 Å². The van der Waals surface area contributed by atoms with Gasteiger partial charge in [-0.3, -0.25) is 9.78 Å². The summed E-state index contributed by atoms with van der Waals surface area (Å²) >= 11 is 0. The van der Waals surface area contributed by atoms with Gasteiger partial charge in [-0.15, -0.1) is 0 Å². The summed E-state index contributed by atoms with van der Waals surface area (Å²) < 4.78 is 0. The highest BCUT2D eigenvalue weighted by molar-refractivity contribution is 5.94. The third-order valence-corrected chi connectivity index (χ3v) is 2.46. The fourth-order valence-electron chi connectivity index (χ4n) is 1.54. The molecule has 3 nitrogen and oxygen atoms in total. The summed E-state index contributed by atoms with van der Waals surface area (Å²) in [6.45, 7) is 0. The summed E-state index contributed by atoms with van der Waals surface area (Å²) in [6, 6.07) is 10.4. The number of allylic oxidation sites excluding steroid dienone is 1. The van der Waals surface area contributed by atoms with Crippen molar-refractivity contribution in [2.75, 3.05) is 0 Å². The molecule has 0 saturated carbocycles. The largest absolute Gasteiger partial charge is 0.508 e. The van der Waals surface area contributed by atoms with Crippen molar-refractivity contribution in [1.29, 1.82) is 0 Å². The van der Waals surface area contributed by atoms with E-state index in [-0.39, 0.29) is 11.5 Å². The quantitative estimate of drug-likeness (QED) is 0.834. The summed E-state index contributed by atoms with van der Waals surface area (Å²) in [6.07, 6.45) is 6.99. The Morgan fingerprint density at radius 3 is 2.67 bits per heavy atom. The van der Waals surface area contributed by atoms with Gasteiger partial charge < -0.3 is 5.11 Å². The van der Waals surface area contributed by atoms with Crippen LogP contribution in [0.25, 0.3) is 6.08 Å². The zero-order chi connectivity index (χ0) is 12.8. The summed E-state index contributed by atoms with van der Waals surface area (Å²) in [5, 5.41) is 9.13. The third kappa shape index (κ3) is 3.56. The van der Waals surface area contributed by atoms with Crippen LogP contribution in [-0.4, -0.2) is 15.9 Å². The topological polar surface area (TPSA) is 50.2 Å². The van der Waals surface area contributed by atoms with Crippen molar-refractivity contribution < 1.29 is 9.90 Å². The van der Waals surface area contributed by atoms with E-state index in [1.165, 1.54) is 0 Å². The first-order chi connectivity index (χ1) is 8.74. The molecule has 0 fully saturated rings. The fraction of sp³-hybridized carbons (Fsp3) is 0.0667. The molecule has 2 aromatic rings. The molecular weight excluding hydrogens is 226 g/mol. The zero-order valence-electron chi connectivity index (χ0n) is 9.78. The molecular formula is C15H13NO2. The van der Waals surface area contributed by atoms with Crippen LogP contribution in [0.4, 0.5) is 0 Å². The number of aromatic hydroxyl groups is 1. The van der Waals surface area contributed by atoms with Crippen molar-refractivity contribution in [1.82, 2.24) is 4.98 Å². The van der Waals surface area contributed by atoms with E-state index in [0.29, 0.717) is 6.42 Å². The van der Waals surface area contributed by atoms with Crippen molar-refractivity contribution in [2.24, 2.45) is 0 Å². The molecule has 0 saturated heterocycles. The lowest BCUT2D eigenvalue weighted by Crippen LogP contribution is -1.98. The highest BCUT2D eigenvalue weighted by Crippen LogP contribution is 2.11. The van der Waals surface area contributed by atoms with Gasteiger partial charge in [-0.05, 0) is 35.4 Å². The number of phenols is 1. The molecule has 2 rings (SSSR count). The van der Waals surface area contributed by atoms with Gasteiger partial charge in [0.25, 0.3) is 0 Å². The highest BCUT2D eigenvalue weighted by atomic mass is 16.3. The smallest absolute Gasteiger partial charge is 0.160 e. The van der Waals surface area contributed by atoms with Crippen LogP contribution in [0.3, 0.4) is 0 Å². The second kappa shape index (κ2) is 5.77. The number of carbonyl (C=O) groups excluding carboxylic acids is 1. The number of rotatable bonds is 4. The first kappa shape index (κ1) is 12.0. The maximum atomic E-state index is 11.7. The number of carbonyl (C=O) groups is 1. The van der Waals surface area contributed by atoms with Gasteiger partial charge in [-0.2, -0.15) is 0 Å². The lowest BCUT2D eigenvalue weighted by Gasteiger charge is -1.96. The Kier molecular flexibility index (Phi) is 3.86. The van der Waals surface area contributed by atoms with Crippen LogP contribution in [0.15, 0.2) is 54.9 Å². The van der Waals surface area contributed by atoms with E-state index in [2.05, 4.69) is 4.98 Å². The Balaban J connectivity index is 1.97. The number of pyridine rings is 1. The van der Waals surface area contributed by atoms with E-state index in [4.69, 9.17) is 5.11 Å². The molecule has 1 aromatic heterocycles. The second-order valence-corrected chi connectivity index (χ2v) is 3.93. The van der Waals surface area contributed by atoms with E-state index < -0.39 is 0 Å². The third-order valence-electron chi connectivity index (χ3n) is 2.46. The molecule has 0 radical (unpaired) electrons. The normalized spacial score (nSPS) is 10.7. The summed E-state index contributed by atoms with van der Waals surface area (Å²) in [7, 11) is 0. The monoisotopic (exact) mass is 239 g/mol. The van der Waals surface area contributed by atoms with Gasteiger partial charge in [-0.25, -0.2) is 0 Å². The molecule has 1 N–H and O–H groups in total. The number of aromatic nitrogens is 1. The van der Waals surface area contributed by atoms with Crippen molar-refractivity contribution in [3.05, 3.63) is 66.0 Å². The van der Waals surface area contributed by atoms with Gasteiger partial charge in [0.2, 0.25) is 0 Å². The highest BCUT2D eigenvalue weighted by Gasteiger charge is 1.99. The van der Waals surface area contributed by atoms with Gasteiger partial charge in [-0.1, -0.05) is 24.3 Å². The van der Waals surface area contributed by atoms with Crippen LogP contribution in [0.1, 0.15) is 11.1 Å². The van der Waals surface area contributed by atoms with E-state index in [9.17, 15) is 4.79 Å². The van der Waals surface area contributed by atoms with E-state index in [1.807, 2.05) is 12.1 Å². The fourth-order valence-corrected chi connectivity index (χ4v) is 1.54. The summed E-state index contributed by atoms with van der Waals surface area (Å²) in [4.78, 5) is 15.7. The minimum absolute atomic E-state index is 0.0241. The van der Waals surface area contributed by atoms with E-state index in [0.717, 1.165) is 11.1 Å². The van der Waals surface area contributed by atoms with Gasteiger partial charge in [0.1, 0.15) is 5.75 Å². The molecule has 0 atom stereocenters. The SMILES string of the molecule is O=C(C=Cc1ccc(O)cc1)Cc1cccnc1. The predicted molar refractivity (Wildman–Crippen MR) is 70.1 cm³/mol. The molecule has 0 aliphatic rings. The first-order valence-corrected chi connectivity index (χ1v) is 5.63. The lowest BCUT2D eigenvalue weighted by atomic mass is 10.1. The summed E-state index contributed by atoms with van der Waals surface area (Å²) in [5.41, 5.74) is 1.78. The van der Waals surface area contributed by atoms with Crippen molar-refractivity contribution in [3.63, 3.8) is 0 Å². The van der Waals surface area contributed by atoms with Crippen molar-refractivity contribution >= 4 is 11.9 Å². The molecule has 1 aromatic carbocycles. The molecule has 0 spiro atoms. The zero-order valence-corrected chi connectivity index (χ0v) is 9.78. The van der Waals surface area contributed by atoms with E-state index >= 15 is 0 Å². The standard InChI is InChI=1S/C15H13NO2/c17-14-6-3-12(4-7-14)5-8-15(18)10-13-2-1-9-16-11-13/h1-9,11,17H,10H2. The Labute approximate surface area is 105 Å². The van der Waals surface area contributed by atoms with Crippen LogP contribution in [0, 0.1) is 0 Å². The van der Waals surface area contributed by atoms with Crippen LogP contribution in [0.2, 0.25) is 0 Å². The summed E-state index contributed by atoms with van der Waals surface area (Å²) in [5.74, 6) is 0.241. The molecule has 0 amide bonds. The van der Waals surface area contributed by atoms with Crippen LogP contribution < -0.4 is 0 Å². The molecule has 18 heavy (non-hydrogen) atoms. The Morgan fingerprint density at radius 1 is 1.22 bits per heavy atom. The number of nitrogens with zero attached hydrogens (tertiary/aromatic N) is 1. The van der Waals surface area contributed by atoms with E-state index in [1.54, 1.807) is 48.8 Å². The predicted octanol–water partition coefficient (Wildman–Crippen LogP) is 2.61. The van der Waals surface area contributed by atoms with Crippen LogP contribution in [-0.2, 0) is 11.2 Å². The van der Waals surface area contributed by atoms with Gasteiger partial charge >= 0.3 is 0 Å². The Bertz CT molecular complexity index is 544. The van der Waals surface area contributed by atoms with Gasteiger partial charge in [0, 0.05) is 18.8 Å². The average Bonchev–Trinajstić information content (AvgIpc) is 2.39. The van der Waals surface area contributed by atoms with Crippen molar-refractivity contribution in [2.45, 2.75) is 6.42 Å². The number of phenolic OH excluding ortho intramolecular Hbond substituents is 1. The molecule has 1 heterocycles. The molecule has 3 heteroatoms. The van der Waals surface area contributed by atoms with Crippen LogP contribution in [0.5, 0.6) is 5.75 Å². The van der Waals surface area contributed by atoms with Gasteiger partial charge in [0.05, 0.1) is 0 Å². The second-order valence-electron chi connectivity index (χ2n) is 3.93. The number of hydrogen-bond acceptors (Lipinski definition) is 3. The molecule has 90 valence electrons. The lowest BCUT2D eigenvalue weighted by molar-refractivity contribution is -0.113. The minimum Gasteiger partial charge on any atom is -0.508 e. The number of hydrogen-bond donors (Lipinski definition) is 1. The molecule has 0 aliphatic heterocycles. The minimum atomic E-state index is 0.0241. The number of benzene rings is 1. The average molecular weight is 239 g/mol. The number of ketones is 1. The Hall–Kier alpha value is -2.42. The van der Waals surface area contributed by atoms with Gasteiger partial charge in [0.15, 0.2) is 5.78 Å². The molecule has 0 unspecified atom stereocenters. The maximum absolute atomic E-state index is 11.7. The molecule has 0 bridgehead atoms. The first-order valence-electron chi connectivity index (χ1n) is 5.63. The Morgan fingerprint density at radius 2 is 2.00 bits per heavy atom. The van der Waals surface area contributed by atoms with Crippen LogP contribution >= 0.6 is 0 Å². The molecule has 0 aliphatic carbocycles. The maximum Gasteiger partial charge on any atom is 0.160 e.